The number of halogens is 3. The summed E-state index contributed by atoms with van der Waals surface area (Å²) < 4.78 is 0. The predicted octanol–water partition coefficient (Wildman–Crippen LogP) is 5.77. The maximum atomic E-state index is 8.62. The van der Waals surface area contributed by atoms with E-state index in [4.69, 9.17) is 40.1 Å². The third-order valence-electron chi connectivity index (χ3n) is 2.77. The zero-order valence-corrected chi connectivity index (χ0v) is 12.2. The molecule has 0 amide bonds. The molecule has 2 rings (SSSR count). The molecule has 0 unspecified atom stereocenters. The van der Waals surface area contributed by atoms with E-state index in [0.717, 1.165) is 23.1 Å². The molecule has 0 spiro atoms. The number of hydrogen-bond donors (Lipinski definition) is 0. The lowest BCUT2D eigenvalue weighted by Gasteiger charge is -2.07. The van der Waals surface area contributed by atoms with Crippen molar-refractivity contribution in [1.29, 1.82) is 5.26 Å². The van der Waals surface area contributed by atoms with E-state index < -0.39 is 0 Å². The molecule has 2 aromatic carbocycles. The molecule has 96 valence electrons. The molecule has 0 saturated heterocycles. The first kappa shape index (κ1) is 14.2. The van der Waals surface area contributed by atoms with Crippen molar-refractivity contribution >= 4 is 34.8 Å². The maximum absolute atomic E-state index is 8.62. The standard InChI is InChI=1S/C15H10Cl3N/c16-13-8-12(9-14(17)15(13)18)11-5-1-3-10(7-11)4-2-6-19/h1,3,5,7-9H,2,4H2. The first-order valence-electron chi connectivity index (χ1n) is 5.72. The molecule has 0 aromatic heterocycles. The molecule has 0 radical (unpaired) electrons. The summed E-state index contributed by atoms with van der Waals surface area (Å²) in [5.41, 5.74) is 3.04. The molecule has 0 heterocycles. The summed E-state index contributed by atoms with van der Waals surface area (Å²) in [6.07, 6.45) is 1.24. The van der Waals surface area contributed by atoms with Crippen molar-refractivity contribution in [3.8, 4) is 17.2 Å². The number of hydrogen-bond acceptors (Lipinski definition) is 1. The minimum Gasteiger partial charge on any atom is -0.198 e. The van der Waals surface area contributed by atoms with Gasteiger partial charge in [0.1, 0.15) is 0 Å². The van der Waals surface area contributed by atoms with Gasteiger partial charge in [-0.15, -0.1) is 0 Å². The molecule has 0 aliphatic rings. The highest BCUT2D eigenvalue weighted by Gasteiger charge is 2.07. The SMILES string of the molecule is N#CCCc1cccc(-c2cc(Cl)c(Cl)c(Cl)c2)c1. The van der Waals surface area contributed by atoms with Crippen molar-refractivity contribution < 1.29 is 0 Å². The van der Waals surface area contributed by atoms with Crippen LogP contribution in [0, 0.1) is 11.3 Å². The normalized spacial score (nSPS) is 10.2. The molecule has 0 fully saturated rings. The fourth-order valence-electron chi connectivity index (χ4n) is 1.83. The molecular formula is C15H10Cl3N. The molecule has 0 bridgehead atoms. The summed E-state index contributed by atoms with van der Waals surface area (Å²) in [5.74, 6) is 0. The lowest BCUT2D eigenvalue weighted by Crippen LogP contribution is -1.86. The van der Waals surface area contributed by atoms with Crippen molar-refractivity contribution in [2.45, 2.75) is 12.8 Å². The summed E-state index contributed by atoms with van der Waals surface area (Å²) in [7, 11) is 0. The van der Waals surface area contributed by atoms with Crippen molar-refractivity contribution in [3.63, 3.8) is 0 Å². The van der Waals surface area contributed by atoms with Gasteiger partial charge in [-0.2, -0.15) is 5.26 Å². The molecule has 0 atom stereocenters. The van der Waals surface area contributed by atoms with Gasteiger partial charge >= 0.3 is 0 Å². The Morgan fingerprint density at radius 3 is 2.26 bits per heavy atom. The number of rotatable bonds is 3. The van der Waals surface area contributed by atoms with Gasteiger partial charge in [0, 0.05) is 6.42 Å². The van der Waals surface area contributed by atoms with E-state index in [9.17, 15) is 0 Å². The highest BCUT2D eigenvalue weighted by Crippen LogP contribution is 2.35. The minimum atomic E-state index is 0.368. The minimum absolute atomic E-state index is 0.368. The van der Waals surface area contributed by atoms with E-state index >= 15 is 0 Å². The van der Waals surface area contributed by atoms with E-state index in [1.807, 2.05) is 24.3 Å². The van der Waals surface area contributed by atoms with Gasteiger partial charge in [0.25, 0.3) is 0 Å². The quantitative estimate of drug-likeness (QED) is 0.660. The van der Waals surface area contributed by atoms with Gasteiger partial charge in [-0.3, -0.25) is 0 Å². The number of aryl methyl sites for hydroxylation is 1. The van der Waals surface area contributed by atoms with Crippen LogP contribution in [-0.2, 0) is 6.42 Å². The van der Waals surface area contributed by atoms with Gasteiger partial charge in [0.05, 0.1) is 21.1 Å². The molecule has 4 heteroatoms. The third kappa shape index (κ3) is 3.42. The lowest BCUT2D eigenvalue weighted by molar-refractivity contribution is 1.01. The zero-order chi connectivity index (χ0) is 13.8. The zero-order valence-electron chi connectivity index (χ0n) is 9.96. The number of benzene rings is 2. The molecule has 1 nitrogen and oxygen atoms in total. The van der Waals surface area contributed by atoms with Crippen LogP contribution in [0.15, 0.2) is 36.4 Å². The molecule has 0 aliphatic carbocycles. The molecule has 0 saturated carbocycles. The summed E-state index contributed by atoms with van der Waals surface area (Å²) in [6, 6.07) is 13.7. The molecule has 2 aromatic rings. The highest BCUT2D eigenvalue weighted by molar-refractivity contribution is 6.48. The van der Waals surface area contributed by atoms with Gasteiger partial charge in [0.15, 0.2) is 0 Å². The van der Waals surface area contributed by atoms with Crippen LogP contribution in [0.1, 0.15) is 12.0 Å². The average Bonchev–Trinajstić information content (AvgIpc) is 2.42. The van der Waals surface area contributed by atoms with E-state index in [0.29, 0.717) is 21.5 Å². The fourth-order valence-corrected chi connectivity index (χ4v) is 2.42. The molecule has 0 aliphatic heterocycles. The summed E-state index contributed by atoms with van der Waals surface area (Å²) >= 11 is 18.0. The largest absolute Gasteiger partial charge is 0.198 e. The van der Waals surface area contributed by atoms with Crippen molar-refractivity contribution in [1.82, 2.24) is 0 Å². The Labute approximate surface area is 127 Å². The van der Waals surface area contributed by atoms with Crippen LogP contribution in [0.25, 0.3) is 11.1 Å². The monoisotopic (exact) mass is 309 g/mol. The second-order valence-electron chi connectivity index (χ2n) is 4.11. The Morgan fingerprint density at radius 2 is 1.63 bits per heavy atom. The smallest absolute Gasteiger partial charge is 0.0778 e. The second-order valence-corrected chi connectivity index (χ2v) is 5.30. The molecular weight excluding hydrogens is 301 g/mol. The van der Waals surface area contributed by atoms with Crippen LogP contribution in [0.2, 0.25) is 15.1 Å². The predicted molar refractivity (Wildman–Crippen MR) is 80.8 cm³/mol. The lowest BCUT2D eigenvalue weighted by atomic mass is 10.0. The van der Waals surface area contributed by atoms with Gasteiger partial charge in [-0.25, -0.2) is 0 Å². The Morgan fingerprint density at radius 1 is 0.947 bits per heavy atom. The van der Waals surface area contributed by atoms with Crippen LogP contribution in [0.4, 0.5) is 0 Å². The van der Waals surface area contributed by atoms with Crippen LogP contribution in [-0.4, -0.2) is 0 Å². The van der Waals surface area contributed by atoms with Crippen LogP contribution >= 0.6 is 34.8 Å². The Kier molecular flexibility index (Phi) is 4.71. The fraction of sp³-hybridized carbons (Fsp3) is 0.133. The average molecular weight is 311 g/mol. The van der Waals surface area contributed by atoms with Crippen LogP contribution in [0.3, 0.4) is 0 Å². The van der Waals surface area contributed by atoms with Crippen LogP contribution < -0.4 is 0 Å². The molecule has 0 N–H and O–H groups in total. The Hall–Kier alpha value is -1.20. The van der Waals surface area contributed by atoms with Gasteiger partial charge < -0.3 is 0 Å². The van der Waals surface area contributed by atoms with Gasteiger partial charge in [0.2, 0.25) is 0 Å². The summed E-state index contributed by atoms with van der Waals surface area (Å²) in [5, 5.41) is 9.86. The van der Waals surface area contributed by atoms with E-state index in [2.05, 4.69) is 6.07 Å². The van der Waals surface area contributed by atoms with E-state index in [1.54, 1.807) is 12.1 Å². The maximum Gasteiger partial charge on any atom is 0.0778 e. The van der Waals surface area contributed by atoms with Crippen molar-refractivity contribution in [3.05, 3.63) is 57.0 Å². The number of nitrogens with zero attached hydrogens (tertiary/aromatic N) is 1. The van der Waals surface area contributed by atoms with Crippen molar-refractivity contribution in [2.24, 2.45) is 0 Å². The molecule has 19 heavy (non-hydrogen) atoms. The topological polar surface area (TPSA) is 23.8 Å². The Balaban J connectivity index is 2.39. The first-order valence-corrected chi connectivity index (χ1v) is 6.86. The Bertz CT molecular complexity index is 621. The summed E-state index contributed by atoms with van der Waals surface area (Å²) in [4.78, 5) is 0. The van der Waals surface area contributed by atoms with E-state index in [-0.39, 0.29) is 0 Å². The van der Waals surface area contributed by atoms with Crippen molar-refractivity contribution in [2.75, 3.05) is 0 Å². The second kappa shape index (κ2) is 6.30. The van der Waals surface area contributed by atoms with Gasteiger partial charge in [-0.1, -0.05) is 59.1 Å². The number of nitriles is 1. The first-order chi connectivity index (χ1) is 9.11. The third-order valence-corrected chi connectivity index (χ3v) is 3.97. The van der Waals surface area contributed by atoms with Crippen LogP contribution in [0.5, 0.6) is 0 Å². The van der Waals surface area contributed by atoms with Gasteiger partial charge in [-0.05, 0) is 35.2 Å². The summed E-state index contributed by atoms with van der Waals surface area (Å²) in [6.45, 7) is 0. The highest BCUT2D eigenvalue weighted by atomic mass is 35.5. The van der Waals surface area contributed by atoms with E-state index in [1.165, 1.54) is 0 Å².